The highest BCUT2D eigenvalue weighted by Crippen LogP contribution is 2.03. The minimum absolute atomic E-state index is 0.0827. The fourth-order valence-corrected chi connectivity index (χ4v) is 2.37. The maximum atomic E-state index is 11.5. The van der Waals surface area contributed by atoms with E-state index in [0.29, 0.717) is 6.54 Å². The van der Waals surface area contributed by atoms with E-state index in [9.17, 15) is 9.59 Å². The summed E-state index contributed by atoms with van der Waals surface area (Å²) in [6, 6.07) is 9.18. The Morgan fingerprint density at radius 1 is 1.30 bits per heavy atom. The van der Waals surface area contributed by atoms with Gasteiger partial charge in [0.15, 0.2) is 0 Å². The number of aliphatic carboxylic acids is 1. The Hall–Kier alpha value is -1.53. The summed E-state index contributed by atoms with van der Waals surface area (Å²) < 4.78 is 0. The van der Waals surface area contributed by atoms with Crippen LogP contribution in [0.25, 0.3) is 0 Å². The molecule has 1 aromatic carbocycles. The Bertz CT molecular complexity index is 426. The summed E-state index contributed by atoms with van der Waals surface area (Å²) in [5.74, 6) is -0.638. The van der Waals surface area contributed by atoms with Gasteiger partial charge in [0, 0.05) is 12.3 Å². The number of thioether (sulfide) groups is 1. The molecule has 0 unspecified atom stereocenters. The Balaban J connectivity index is 2.04. The molecular weight excluding hydrogens is 276 g/mol. The first-order chi connectivity index (χ1) is 9.59. The van der Waals surface area contributed by atoms with E-state index in [1.165, 1.54) is 17.3 Å². The minimum Gasteiger partial charge on any atom is -0.480 e. The molecule has 0 bridgehead atoms. The van der Waals surface area contributed by atoms with Crippen molar-refractivity contribution in [1.29, 1.82) is 0 Å². The molecule has 0 aromatic heterocycles. The van der Waals surface area contributed by atoms with Crippen LogP contribution in [-0.4, -0.2) is 41.1 Å². The van der Waals surface area contributed by atoms with Gasteiger partial charge >= 0.3 is 5.97 Å². The Labute approximate surface area is 122 Å². The summed E-state index contributed by atoms with van der Waals surface area (Å²) in [6.45, 7) is 0.624. The zero-order valence-electron chi connectivity index (χ0n) is 11.2. The molecule has 1 aromatic rings. The van der Waals surface area contributed by atoms with Crippen LogP contribution >= 0.6 is 11.8 Å². The molecule has 6 heteroatoms. The molecule has 4 N–H and O–H groups in total. The highest BCUT2D eigenvalue weighted by Gasteiger charge is 2.11. The predicted octanol–water partition coefficient (Wildman–Crippen LogP) is 0.880. The number of nitrogens with one attached hydrogen (secondary N) is 1. The van der Waals surface area contributed by atoms with Crippen molar-refractivity contribution in [2.45, 2.75) is 18.9 Å². The number of nitrogens with two attached hydrogens (primary N) is 1. The number of hydrogen-bond donors (Lipinski definition) is 3. The summed E-state index contributed by atoms with van der Waals surface area (Å²) in [7, 11) is 0. The van der Waals surface area contributed by atoms with Gasteiger partial charge in [-0.3, -0.25) is 9.59 Å². The van der Waals surface area contributed by atoms with Crippen molar-refractivity contribution in [2.75, 3.05) is 18.1 Å². The molecule has 0 saturated heterocycles. The van der Waals surface area contributed by atoms with Crippen LogP contribution in [0.1, 0.15) is 12.0 Å². The maximum Gasteiger partial charge on any atom is 0.321 e. The van der Waals surface area contributed by atoms with E-state index in [1.54, 1.807) is 0 Å². The Morgan fingerprint density at radius 2 is 2.00 bits per heavy atom. The van der Waals surface area contributed by atoms with Gasteiger partial charge in [0.2, 0.25) is 5.91 Å². The van der Waals surface area contributed by atoms with Crippen molar-refractivity contribution in [2.24, 2.45) is 5.73 Å². The predicted molar refractivity (Wildman–Crippen MR) is 80.7 cm³/mol. The highest BCUT2D eigenvalue weighted by molar-refractivity contribution is 8.00. The number of aryl methyl sites for hydroxylation is 1. The largest absolute Gasteiger partial charge is 0.480 e. The molecule has 0 aliphatic heterocycles. The van der Waals surface area contributed by atoms with Crippen molar-refractivity contribution >= 4 is 23.6 Å². The van der Waals surface area contributed by atoms with Gasteiger partial charge in [0.25, 0.3) is 0 Å². The summed E-state index contributed by atoms with van der Waals surface area (Å²) in [6.07, 6.45) is 1.81. The van der Waals surface area contributed by atoms with Crippen LogP contribution in [0.4, 0.5) is 0 Å². The average molecular weight is 296 g/mol. The second-order valence-electron chi connectivity index (χ2n) is 4.40. The van der Waals surface area contributed by atoms with Crippen molar-refractivity contribution in [3.8, 4) is 0 Å². The van der Waals surface area contributed by atoms with Crippen LogP contribution in [0, 0.1) is 0 Å². The van der Waals surface area contributed by atoms with Gasteiger partial charge in [-0.2, -0.15) is 0 Å². The van der Waals surface area contributed by atoms with Gasteiger partial charge < -0.3 is 16.2 Å². The number of amides is 1. The Morgan fingerprint density at radius 3 is 2.65 bits per heavy atom. The topological polar surface area (TPSA) is 92.4 Å². The van der Waals surface area contributed by atoms with Crippen LogP contribution in [0.5, 0.6) is 0 Å². The van der Waals surface area contributed by atoms with Crippen LogP contribution in [-0.2, 0) is 16.0 Å². The third-order valence-electron chi connectivity index (χ3n) is 2.65. The van der Waals surface area contributed by atoms with Gasteiger partial charge in [-0.15, -0.1) is 11.8 Å². The summed E-state index contributed by atoms with van der Waals surface area (Å²) in [4.78, 5) is 22.0. The molecule has 1 atom stereocenters. The minimum atomic E-state index is -1.04. The van der Waals surface area contributed by atoms with Crippen LogP contribution < -0.4 is 11.1 Å². The molecular formula is C14H20N2O3S. The van der Waals surface area contributed by atoms with E-state index in [-0.39, 0.29) is 17.4 Å². The normalized spacial score (nSPS) is 11.8. The molecule has 20 heavy (non-hydrogen) atoms. The van der Waals surface area contributed by atoms with Crippen molar-refractivity contribution in [3.05, 3.63) is 35.9 Å². The van der Waals surface area contributed by atoms with E-state index in [0.717, 1.165) is 12.8 Å². The molecule has 0 aliphatic rings. The standard InChI is InChI=1S/C14H20N2O3S/c15-12(14(18)19)9-20-10-13(17)16-8-4-7-11-5-2-1-3-6-11/h1-3,5-6,12H,4,7-10,15H2,(H,16,17)(H,18,19)/t12-/m0/s1. The fourth-order valence-electron chi connectivity index (χ4n) is 1.57. The lowest BCUT2D eigenvalue weighted by molar-refractivity contribution is -0.138. The number of carbonyl (C=O) groups excluding carboxylic acids is 1. The molecule has 0 fully saturated rings. The summed E-state index contributed by atoms with van der Waals surface area (Å²) in [5, 5.41) is 11.4. The molecule has 1 amide bonds. The van der Waals surface area contributed by atoms with Gasteiger partial charge in [0.05, 0.1) is 5.75 Å². The number of carboxylic acids is 1. The lowest BCUT2D eigenvalue weighted by Crippen LogP contribution is -2.33. The van der Waals surface area contributed by atoms with E-state index in [4.69, 9.17) is 10.8 Å². The van der Waals surface area contributed by atoms with Crippen LogP contribution in [0.3, 0.4) is 0 Å². The molecule has 0 radical (unpaired) electrons. The first kappa shape index (κ1) is 16.5. The summed E-state index contributed by atoms with van der Waals surface area (Å²) in [5.41, 5.74) is 6.59. The average Bonchev–Trinajstić information content (AvgIpc) is 2.44. The van der Waals surface area contributed by atoms with E-state index in [1.807, 2.05) is 18.2 Å². The van der Waals surface area contributed by atoms with Gasteiger partial charge in [-0.05, 0) is 18.4 Å². The van der Waals surface area contributed by atoms with Gasteiger partial charge in [-0.1, -0.05) is 30.3 Å². The number of carbonyl (C=O) groups is 2. The molecule has 1 rings (SSSR count). The van der Waals surface area contributed by atoms with Gasteiger partial charge in [-0.25, -0.2) is 0 Å². The molecule has 5 nitrogen and oxygen atoms in total. The van der Waals surface area contributed by atoms with E-state index >= 15 is 0 Å². The third-order valence-corrected chi connectivity index (χ3v) is 3.72. The molecule has 0 aliphatic carbocycles. The van der Waals surface area contributed by atoms with Crippen molar-refractivity contribution < 1.29 is 14.7 Å². The molecule has 0 spiro atoms. The lowest BCUT2D eigenvalue weighted by Gasteiger charge is -2.07. The lowest BCUT2D eigenvalue weighted by atomic mass is 10.1. The quantitative estimate of drug-likeness (QED) is 0.588. The first-order valence-electron chi connectivity index (χ1n) is 6.46. The first-order valence-corrected chi connectivity index (χ1v) is 7.62. The monoisotopic (exact) mass is 296 g/mol. The maximum absolute atomic E-state index is 11.5. The number of rotatable bonds is 9. The second-order valence-corrected chi connectivity index (χ2v) is 5.43. The fraction of sp³-hybridized carbons (Fsp3) is 0.429. The van der Waals surface area contributed by atoms with Crippen LogP contribution in [0.15, 0.2) is 30.3 Å². The second kappa shape index (κ2) is 9.39. The zero-order valence-corrected chi connectivity index (χ0v) is 12.1. The van der Waals surface area contributed by atoms with Crippen molar-refractivity contribution in [1.82, 2.24) is 5.32 Å². The SMILES string of the molecule is N[C@@H](CSCC(=O)NCCCc1ccccc1)C(=O)O. The van der Waals surface area contributed by atoms with E-state index in [2.05, 4.69) is 17.4 Å². The van der Waals surface area contributed by atoms with E-state index < -0.39 is 12.0 Å². The smallest absolute Gasteiger partial charge is 0.321 e. The number of benzene rings is 1. The summed E-state index contributed by atoms with van der Waals surface area (Å²) >= 11 is 1.23. The zero-order chi connectivity index (χ0) is 14.8. The Kier molecular flexibility index (Phi) is 7.75. The number of carboxylic acid groups (broad SMARTS) is 1. The van der Waals surface area contributed by atoms with Gasteiger partial charge in [0.1, 0.15) is 6.04 Å². The molecule has 0 heterocycles. The molecule has 0 saturated carbocycles. The number of hydrogen-bond acceptors (Lipinski definition) is 4. The highest BCUT2D eigenvalue weighted by atomic mass is 32.2. The van der Waals surface area contributed by atoms with Crippen LogP contribution in [0.2, 0.25) is 0 Å². The van der Waals surface area contributed by atoms with Crippen molar-refractivity contribution in [3.63, 3.8) is 0 Å². The molecule has 110 valence electrons. The third kappa shape index (κ3) is 7.16.